The number of amides is 1. The van der Waals surface area contributed by atoms with Gasteiger partial charge in [0.1, 0.15) is 5.78 Å². The fourth-order valence-corrected chi connectivity index (χ4v) is 0.768. The highest BCUT2D eigenvalue weighted by atomic mass is 16.5. The zero-order valence-corrected chi connectivity index (χ0v) is 8.82. The molecule has 0 atom stereocenters. The van der Waals surface area contributed by atoms with Crippen molar-refractivity contribution in [2.24, 2.45) is 0 Å². The Bertz CT molecular complexity index is 175. The van der Waals surface area contributed by atoms with E-state index in [9.17, 15) is 9.59 Å². The van der Waals surface area contributed by atoms with Crippen molar-refractivity contribution in [1.82, 2.24) is 5.32 Å². The van der Waals surface area contributed by atoms with Gasteiger partial charge in [-0.05, 0) is 6.92 Å². The van der Waals surface area contributed by atoms with Crippen molar-refractivity contribution in [3.05, 3.63) is 0 Å². The van der Waals surface area contributed by atoms with Crippen LogP contribution in [0, 0.1) is 0 Å². The first kappa shape index (κ1) is 13.9. The summed E-state index contributed by atoms with van der Waals surface area (Å²) < 4.78 is 10.1. The molecule has 15 heavy (non-hydrogen) atoms. The standard InChI is InChI=1S/C9H17NO5/c1-8(11)2-4-14-6-7-15-5-3-10-9(12)13/h10H,2-7H2,1H3,(H,12,13). The van der Waals surface area contributed by atoms with E-state index < -0.39 is 6.09 Å². The number of ketones is 1. The molecule has 2 N–H and O–H groups in total. The predicted molar refractivity (Wildman–Crippen MR) is 53.0 cm³/mol. The average Bonchev–Trinajstić information content (AvgIpc) is 2.14. The largest absolute Gasteiger partial charge is 0.465 e. The molecule has 0 aromatic rings. The lowest BCUT2D eigenvalue weighted by Gasteiger charge is -2.04. The van der Waals surface area contributed by atoms with Gasteiger partial charge in [0, 0.05) is 13.0 Å². The molecule has 0 saturated carbocycles. The quantitative estimate of drug-likeness (QED) is 0.543. The number of hydrogen-bond acceptors (Lipinski definition) is 4. The van der Waals surface area contributed by atoms with Gasteiger partial charge in [-0.2, -0.15) is 0 Å². The number of ether oxygens (including phenoxy) is 2. The lowest BCUT2D eigenvalue weighted by atomic mass is 10.3. The molecule has 1 amide bonds. The van der Waals surface area contributed by atoms with Gasteiger partial charge in [0.15, 0.2) is 0 Å². The molecule has 0 saturated heterocycles. The smallest absolute Gasteiger partial charge is 0.404 e. The van der Waals surface area contributed by atoms with E-state index in [1.807, 2.05) is 0 Å². The number of hydrogen-bond donors (Lipinski definition) is 2. The van der Waals surface area contributed by atoms with Crippen LogP contribution < -0.4 is 5.32 Å². The zero-order chi connectivity index (χ0) is 11.5. The maximum atomic E-state index is 10.5. The van der Waals surface area contributed by atoms with E-state index in [1.54, 1.807) is 0 Å². The minimum absolute atomic E-state index is 0.0987. The third-order valence-corrected chi connectivity index (χ3v) is 1.49. The fraction of sp³-hybridized carbons (Fsp3) is 0.778. The van der Waals surface area contributed by atoms with Crippen molar-refractivity contribution < 1.29 is 24.2 Å². The summed E-state index contributed by atoms with van der Waals surface area (Å²) in [5.74, 6) is 0.0987. The van der Waals surface area contributed by atoms with E-state index in [2.05, 4.69) is 5.32 Å². The van der Waals surface area contributed by atoms with Crippen molar-refractivity contribution in [2.75, 3.05) is 33.0 Å². The van der Waals surface area contributed by atoms with Crippen LogP contribution in [0.4, 0.5) is 4.79 Å². The van der Waals surface area contributed by atoms with Crippen molar-refractivity contribution >= 4 is 11.9 Å². The molecule has 6 nitrogen and oxygen atoms in total. The molecular formula is C9H17NO5. The van der Waals surface area contributed by atoms with E-state index in [0.717, 1.165) is 0 Å². The number of nitrogens with one attached hydrogen (secondary N) is 1. The number of rotatable bonds is 9. The van der Waals surface area contributed by atoms with Crippen LogP contribution in [-0.2, 0) is 14.3 Å². The van der Waals surface area contributed by atoms with Gasteiger partial charge in [0.2, 0.25) is 0 Å². The molecule has 0 heterocycles. The first-order valence-corrected chi connectivity index (χ1v) is 4.74. The monoisotopic (exact) mass is 219 g/mol. The molecule has 0 rings (SSSR count). The first-order valence-electron chi connectivity index (χ1n) is 4.74. The number of Topliss-reactive ketones (excluding diaryl/α,β-unsaturated/α-hetero) is 1. The van der Waals surface area contributed by atoms with E-state index in [0.29, 0.717) is 32.8 Å². The highest BCUT2D eigenvalue weighted by Crippen LogP contribution is 1.84. The molecule has 0 aliphatic rings. The summed E-state index contributed by atoms with van der Waals surface area (Å²) >= 11 is 0. The van der Waals surface area contributed by atoms with Gasteiger partial charge in [-0.15, -0.1) is 0 Å². The van der Waals surface area contributed by atoms with Gasteiger partial charge in [-0.1, -0.05) is 0 Å². The van der Waals surface area contributed by atoms with E-state index >= 15 is 0 Å². The minimum atomic E-state index is -1.06. The Morgan fingerprint density at radius 2 is 1.73 bits per heavy atom. The fourth-order valence-electron chi connectivity index (χ4n) is 0.768. The van der Waals surface area contributed by atoms with Crippen molar-refractivity contribution in [1.29, 1.82) is 0 Å². The second-order valence-corrected chi connectivity index (χ2v) is 2.91. The van der Waals surface area contributed by atoms with Gasteiger partial charge in [-0.3, -0.25) is 4.79 Å². The molecule has 0 radical (unpaired) electrons. The first-order chi connectivity index (χ1) is 7.13. The number of carbonyl (C=O) groups excluding carboxylic acids is 1. The normalized spacial score (nSPS) is 9.93. The van der Waals surface area contributed by atoms with Crippen molar-refractivity contribution in [2.45, 2.75) is 13.3 Å². The van der Waals surface area contributed by atoms with E-state index in [1.165, 1.54) is 6.92 Å². The second kappa shape index (κ2) is 9.42. The SMILES string of the molecule is CC(=O)CCOCCOCCNC(=O)O. The van der Waals surface area contributed by atoms with E-state index in [4.69, 9.17) is 14.6 Å². The van der Waals surface area contributed by atoms with Crippen molar-refractivity contribution in [3.8, 4) is 0 Å². The van der Waals surface area contributed by atoms with Crippen LogP contribution in [-0.4, -0.2) is 50.0 Å². The molecule has 0 bridgehead atoms. The lowest BCUT2D eigenvalue weighted by Crippen LogP contribution is -2.25. The Morgan fingerprint density at radius 1 is 1.13 bits per heavy atom. The summed E-state index contributed by atoms with van der Waals surface area (Å²) in [5, 5.41) is 10.4. The summed E-state index contributed by atoms with van der Waals surface area (Å²) in [5.41, 5.74) is 0. The zero-order valence-electron chi connectivity index (χ0n) is 8.82. The third-order valence-electron chi connectivity index (χ3n) is 1.49. The molecule has 6 heteroatoms. The minimum Gasteiger partial charge on any atom is -0.465 e. The van der Waals surface area contributed by atoms with Gasteiger partial charge in [0.05, 0.1) is 26.4 Å². The van der Waals surface area contributed by atoms with Crippen LogP contribution in [0.15, 0.2) is 0 Å². The highest BCUT2D eigenvalue weighted by molar-refractivity contribution is 5.75. The van der Waals surface area contributed by atoms with Crippen LogP contribution in [0.2, 0.25) is 0 Å². The Kier molecular flexibility index (Phi) is 8.70. The molecule has 0 spiro atoms. The summed E-state index contributed by atoms with van der Waals surface area (Å²) in [4.78, 5) is 20.5. The topological polar surface area (TPSA) is 84.9 Å². The van der Waals surface area contributed by atoms with Crippen molar-refractivity contribution in [3.63, 3.8) is 0 Å². The summed E-state index contributed by atoms with van der Waals surface area (Å²) in [6.45, 7) is 3.33. The Morgan fingerprint density at radius 3 is 2.27 bits per heavy atom. The van der Waals surface area contributed by atoms with Gasteiger partial charge in [0.25, 0.3) is 0 Å². The molecular weight excluding hydrogens is 202 g/mol. The van der Waals surface area contributed by atoms with Gasteiger partial charge < -0.3 is 19.9 Å². The van der Waals surface area contributed by atoms with Gasteiger partial charge in [-0.25, -0.2) is 4.79 Å². The summed E-state index contributed by atoms with van der Waals surface area (Å²) in [7, 11) is 0. The molecule has 0 aliphatic carbocycles. The molecule has 88 valence electrons. The maximum Gasteiger partial charge on any atom is 0.404 e. The highest BCUT2D eigenvalue weighted by Gasteiger charge is 1.95. The third kappa shape index (κ3) is 12.9. The lowest BCUT2D eigenvalue weighted by molar-refractivity contribution is -0.118. The summed E-state index contributed by atoms with van der Waals surface area (Å²) in [6, 6.07) is 0. The van der Waals surface area contributed by atoms with Gasteiger partial charge >= 0.3 is 6.09 Å². The number of carbonyl (C=O) groups is 2. The Hall–Kier alpha value is -1.14. The molecule has 0 aromatic carbocycles. The number of carboxylic acid groups (broad SMARTS) is 1. The predicted octanol–water partition coefficient (Wildman–Crippen LogP) is 0.266. The second-order valence-electron chi connectivity index (χ2n) is 2.91. The molecule has 0 fully saturated rings. The van der Waals surface area contributed by atoms with Crippen LogP contribution in [0.5, 0.6) is 0 Å². The Labute approximate surface area is 88.6 Å². The molecule has 0 unspecified atom stereocenters. The van der Waals surface area contributed by atoms with Crippen LogP contribution in [0.25, 0.3) is 0 Å². The van der Waals surface area contributed by atoms with Crippen LogP contribution >= 0.6 is 0 Å². The molecule has 0 aromatic heterocycles. The summed E-state index contributed by atoms with van der Waals surface area (Å²) in [6.07, 6.45) is -0.642. The van der Waals surface area contributed by atoms with E-state index in [-0.39, 0.29) is 12.3 Å². The van der Waals surface area contributed by atoms with Crippen LogP contribution in [0.1, 0.15) is 13.3 Å². The molecule has 0 aliphatic heterocycles. The maximum absolute atomic E-state index is 10.5. The van der Waals surface area contributed by atoms with Crippen LogP contribution in [0.3, 0.4) is 0 Å². The average molecular weight is 219 g/mol. The Balaban J connectivity index is 2.99.